The first-order chi connectivity index (χ1) is 3.63. The molecule has 0 bridgehead atoms. The van der Waals surface area contributed by atoms with Gasteiger partial charge in [0.1, 0.15) is 0 Å². The van der Waals surface area contributed by atoms with Gasteiger partial charge in [0.05, 0.1) is 11.9 Å². The second-order valence-electron chi connectivity index (χ2n) is 1.95. The molecule has 2 nitrogen and oxygen atoms in total. The van der Waals surface area contributed by atoms with Gasteiger partial charge in [-0.15, -0.1) is 0 Å². The number of allylic oxidation sites excluding steroid dienone is 1. The van der Waals surface area contributed by atoms with E-state index in [0.29, 0.717) is 12.8 Å². The van der Waals surface area contributed by atoms with Gasteiger partial charge >= 0.3 is 0 Å². The zero-order valence-corrected chi connectivity index (χ0v) is 5.09. The van der Waals surface area contributed by atoms with Crippen LogP contribution in [0.15, 0.2) is 12.3 Å². The minimum atomic E-state index is -0.334. The van der Waals surface area contributed by atoms with E-state index in [1.807, 2.05) is 0 Å². The quantitative estimate of drug-likeness (QED) is 0.544. The van der Waals surface area contributed by atoms with Gasteiger partial charge in [0.2, 0.25) is 0 Å². The summed E-state index contributed by atoms with van der Waals surface area (Å²) in [6.07, 6.45) is 0.756. The first-order valence-electron chi connectivity index (χ1n) is 2.67. The Morgan fingerprint density at radius 2 is 2.25 bits per heavy atom. The molecule has 0 spiro atoms. The van der Waals surface area contributed by atoms with E-state index in [4.69, 9.17) is 10.2 Å². The average Bonchev–Trinajstić information content (AvgIpc) is 1.61. The highest BCUT2D eigenvalue weighted by molar-refractivity contribution is 4.78. The predicted molar refractivity (Wildman–Crippen MR) is 32.7 cm³/mol. The molecular weight excluding hydrogens is 104 g/mol. The first-order valence-corrected chi connectivity index (χ1v) is 2.67. The van der Waals surface area contributed by atoms with E-state index < -0.39 is 0 Å². The molecule has 1 unspecified atom stereocenters. The Hall–Kier alpha value is -0.500. The molecule has 48 valence electrons. The summed E-state index contributed by atoms with van der Waals surface area (Å²) in [6.45, 7) is 4.96. The Labute approximate surface area is 49.5 Å². The van der Waals surface area contributed by atoms with E-state index in [0.717, 1.165) is 0 Å². The van der Waals surface area contributed by atoms with E-state index in [9.17, 15) is 0 Å². The Morgan fingerprint density at radius 3 is 2.38 bits per heavy atom. The largest absolute Gasteiger partial charge is 0.513 e. The normalized spacial score (nSPS) is 13.2. The number of aliphatic hydroxyl groups excluding tert-OH is 2. The van der Waals surface area contributed by atoms with Crippen molar-refractivity contribution in [2.75, 3.05) is 0 Å². The minimum Gasteiger partial charge on any atom is -0.513 e. The molecule has 0 heterocycles. The SMILES string of the molecule is C=C(O)CCC(C)O. The summed E-state index contributed by atoms with van der Waals surface area (Å²) in [4.78, 5) is 0. The van der Waals surface area contributed by atoms with Crippen molar-refractivity contribution >= 4 is 0 Å². The van der Waals surface area contributed by atoms with Crippen molar-refractivity contribution in [3.05, 3.63) is 12.3 Å². The van der Waals surface area contributed by atoms with Crippen LogP contribution in [0.3, 0.4) is 0 Å². The van der Waals surface area contributed by atoms with Gasteiger partial charge in [-0.25, -0.2) is 0 Å². The molecular formula is C6H12O2. The number of hydrogen-bond acceptors (Lipinski definition) is 2. The number of aliphatic hydroxyl groups is 2. The highest BCUT2D eigenvalue weighted by Crippen LogP contribution is 2.00. The van der Waals surface area contributed by atoms with Crippen LogP contribution in [-0.2, 0) is 0 Å². The summed E-state index contributed by atoms with van der Waals surface area (Å²) in [5.41, 5.74) is 0. The van der Waals surface area contributed by atoms with Gasteiger partial charge < -0.3 is 10.2 Å². The molecule has 0 aromatic carbocycles. The monoisotopic (exact) mass is 116 g/mol. The Morgan fingerprint density at radius 1 is 1.75 bits per heavy atom. The fraction of sp³-hybridized carbons (Fsp3) is 0.667. The van der Waals surface area contributed by atoms with E-state index in [2.05, 4.69) is 6.58 Å². The van der Waals surface area contributed by atoms with Crippen molar-refractivity contribution in [1.29, 1.82) is 0 Å². The third kappa shape index (κ3) is 5.50. The standard InChI is InChI=1S/C6H12O2/c1-5(7)3-4-6(2)8/h6-8H,1,3-4H2,2H3. The van der Waals surface area contributed by atoms with E-state index in [1.54, 1.807) is 6.92 Å². The molecule has 0 aliphatic carbocycles. The average molecular weight is 116 g/mol. The highest BCUT2D eigenvalue weighted by atomic mass is 16.3. The van der Waals surface area contributed by atoms with E-state index in [1.165, 1.54) is 0 Å². The Balaban J connectivity index is 3.05. The lowest BCUT2D eigenvalue weighted by Gasteiger charge is -2.00. The molecule has 0 aliphatic heterocycles. The van der Waals surface area contributed by atoms with Crippen LogP contribution in [0.2, 0.25) is 0 Å². The first kappa shape index (κ1) is 7.50. The predicted octanol–water partition coefficient (Wildman–Crippen LogP) is 1.22. The molecule has 0 saturated heterocycles. The lowest BCUT2D eigenvalue weighted by Crippen LogP contribution is -1.98. The Kier molecular flexibility index (Phi) is 3.28. The zero-order valence-electron chi connectivity index (χ0n) is 5.09. The second-order valence-corrected chi connectivity index (χ2v) is 1.95. The van der Waals surface area contributed by atoms with Crippen molar-refractivity contribution in [1.82, 2.24) is 0 Å². The van der Waals surface area contributed by atoms with Crippen molar-refractivity contribution in [3.8, 4) is 0 Å². The molecule has 0 aliphatic rings. The van der Waals surface area contributed by atoms with Gasteiger partial charge in [0, 0.05) is 6.42 Å². The fourth-order valence-electron chi connectivity index (χ4n) is 0.375. The summed E-state index contributed by atoms with van der Waals surface area (Å²) in [7, 11) is 0. The Bertz CT molecular complexity index is 76.6. The molecule has 8 heavy (non-hydrogen) atoms. The van der Waals surface area contributed by atoms with Gasteiger partial charge in [0.15, 0.2) is 0 Å². The van der Waals surface area contributed by atoms with Gasteiger partial charge in [-0.05, 0) is 13.3 Å². The van der Waals surface area contributed by atoms with Crippen LogP contribution in [0.4, 0.5) is 0 Å². The maximum absolute atomic E-state index is 8.65. The molecule has 0 saturated carbocycles. The summed E-state index contributed by atoms with van der Waals surface area (Å²) < 4.78 is 0. The maximum atomic E-state index is 8.65. The number of hydrogen-bond donors (Lipinski definition) is 2. The zero-order chi connectivity index (χ0) is 6.57. The van der Waals surface area contributed by atoms with Crippen molar-refractivity contribution < 1.29 is 10.2 Å². The molecule has 0 radical (unpaired) electrons. The third-order valence-corrected chi connectivity index (χ3v) is 0.851. The maximum Gasteiger partial charge on any atom is 0.0852 e. The van der Waals surface area contributed by atoms with E-state index in [-0.39, 0.29) is 11.9 Å². The van der Waals surface area contributed by atoms with Crippen molar-refractivity contribution in [2.24, 2.45) is 0 Å². The van der Waals surface area contributed by atoms with Gasteiger partial charge in [-0.2, -0.15) is 0 Å². The molecule has 2 heteroatoms. The van der Waals surface area contributed by atoms with Crippen molar-refractivity contribution in [3.63, 3.8) is 0 Å². The smallest absolute Gasteiger partial charge is 0.0852 e. The van der Waals surface area contributed by atoms with Crippen LogP contribution in [-0.4, -0.2) is 16.3 Å². The molecule has 0 amide bonds. The minimum absolute atomic E-state index is 0.144. The molecule has 2 N–H and O–H groups in total. The van der Waals surface area contributed by atoms with Crippen molar-refractivity contribution in [2.45, 2.75) is 25.9 Å². The molecule has 0 aromatic rings. The van der Waals surface area contributed by atoms with Gasteiger partial charge in [-0.3, -0.25) is 0 Å². The molecule has 0 aromatic heterocycles. The van der Waals surface area contributed by atoms with E-state index >= 15 is 0 Å². The molecule has 1 atom stereocenters. The third-order valence-electron chi connectivity index (χ3n) is 0.851. The lowest BCUT2D eigenvalue weighted by atomic mass is 10.2. The van der Waals surface area contributed by atoms with Crippen LogP contribution in [0.25, 0.3) is 0 Å². The van der Waals surface area contributed by atoms with Gasteiger partial charge in [0.25, 0.3) is 0 Å². The van der Waals surface area contributed by atoms with Crippen LogP contribution >= 0.6 is 0 Å². The second kappa shape index (κ2) is 3.50. The molecule has 0 rings (SSSR count). The summed E-state index contributed by atoms with van der Waals surface area (Å²) >= 11 is 0. The fourth-order valence-corrected chi connectivity index (χ4v) is 0.375. The molecule has 0 fully saturated rings. The highest BCUT2D eigenvalue weighted by Gasteiger charge is 1.94. The topological polar surface area (TPSA) is 40.5 Å². The van der Waals surface area contributed by atoms with Crippen LogP contribution < -0.4 is 0 Å². The summed E-state index contributed by atoms with van der Waals surface area (Å²) in [5, 5.41) is 17.1. The van der Waals surface area contributed by atoms with Crippen LogP contribution in [0.5, 0.6) is 0 Å². The lowest BCUT2D eigenvalue weighted by molar-refractivity contribution is 0.179. The summed E-state index contributed by atoms with van der Waals surface area (Å²) in [6, 6.07) is 0. The summed E-state index contributed by atoms with van der Waals surface area (Å²) in [5.74, 6) is 0.144. The van der Waals surface area contributed by atoms with Gasteiger partial charge in [-0.1, -0.05) is 6.58 Å². The van der Waals surface area contributed by atoms with Crippen LogP contribution in [0.1, 0.15) is 19.8 Å². The van der Waals surface area contributed by atoms with Crippen LogP contribution in [0, 0.1) is 0 Å². The number of rotatable bonds is 3.